The number of aromatic nitrogens is 4. The van der Waals surface area contributed by atoms with Gasteiger partial charge in [0.15, 0.2) is 0 Å². The number of rotatable bonds is 5. The molecule has 162 valence electrons. The Hall–Kier alpha value is -3.07. The van der Waals surface area contributed by atoms with Gasteiger partial charge in [-0.3, -0.25) is 4.98 Å². The minimum atomic E-state index is -0.525. The summed E-state index contributed by atoms with van der Waals surface area (Å²) in [4.78, 5) is 18.9. The van der Waals surface area contributed by atoms with Crippen molar-refractivity contribution in [3.63, 3.8) is 0 Å². The van der Waals surface area contributed by atoms with Crippen LogP contribution in [0, 0.1) is 5.95 Å². The number of hydrogen-bond donors (Lipinski definition) is 1. The summed E-state index contributed by atoms with van der Waals surface area (Å²) in [5, 5.41) is 3.30. The van der Waals surface area contributed by atoms with Gasteiger partial charge in [-0.2, -0.15) is 4.39 Å². The monoisotopic (exact) mass is 424 g/mol. The Morgan fingerprint density at radius 2 is 1.77 bits per heavy atom. The number of ether oxygens (including phenoxy) is 2. The third kappa shape index (κ3) is 4.66. The summed E-state index contributed by atoms with van der Waals surface area (Å²) in [5.41, 5.74) is 2.71. The summed E-state index contributed by atoms with van der Waals surface area (Å²) in [5.74, 6) is 0.778. The van der Waals surface area contributed by atoms with Crippen molar-refractivity contribution in [3.8, 4) is 5.75 Å². The molecule has 1 saturated carbocycles. The van der Waals surface area contributed by atoms with Gasteiger partial charge in [-0.15, -0.1) is 0 Å². The molecule has 3 heterocycles. The average Bonchev–Trinajstić information content (AvgIpc) is 2.81. The third-order valence-corrected chi connectivity index (χ3v) is 5.85. The zero-order valence-electron chi connectivity index (χ0n) is 17.2. The fraction of sp³-hybridized carbons (Fsp3) is 0.455. The van der Waals surface area contributed by atoms with Crippen molar-refractivity contribution in [3.05, 3.63) is 42.9 Å². The van der Waals surface area contributed by atoms with Gasteiger partial charge < -0.3 is 19.7 Å². The molecule has 0 spiro atoms. The van der Waals surface area contributed by atoms with Gasteiger partial charge in [-0.1, -0.05) is 0 Å². The third-order valence-electron chi connectivity index (χ3n) is 5.85. The van der Waals surface area contributed by atoms with E-state index in [2.05, 4.69) is 42.3 Å². The minimum absolute atomic E-state index is 0.102. The second-order valence-corrected chi connectivity index (χ2v) is 7.93. The van der Waals surface area contributed by atoms with Gasteiger partial charge in [0.05, 0.1) is 24.8 Å². The van der Waals surface area contributed by atoms with Crippen LogP contribution in [0.4, 0.5) is 15.9 Å². The zero-order chi connectivity index (χ0) is 21.0. The summed E-state index contributed by atoms with van der Waals surface area (Å²) in [6.07, 6.45) is 8.38. The van der Waals surface area contributed by atoms with Crippen LogP contribution in [0.1, 0.15) is 25.7 Å². The van der Waals surface area contributed by atoms with E-state index in [1.54, 1.807) is 12.4 Å². The molecule has 1 saturated heterocycles. The topological polar surface area (TPSA) is 85.3 Å². The maximum atomic E-state index is 13.3. The maximum absolute atomic E-state index is 13.3. The van der Waals surface area contributed by atoms with E-state index in [0.29, 0.717) is 5.82 Å². The number of fused-ring (bicyclic) bond motifs is 1. The molecule has 1 N–H and O–H groups in total. The van der Waals surface area contributed by atoms with E-state index in [9.17, 15) is 4.39 Å². The molecule has 1 aromatic carbocycles. The quantitative estimate of drug-likeness (QED) is 0.625. The first-order chi connectivity index (χ1) is 15.2. The van der Waals surface area contributed by atoms with Crippen molar-refractivity contribution in [1.82, 2.24) is 19.9 Å². The molecule has 2 fully saturated rings. The van der Waals surface area contributed by atoms with Gasteiger partial charge in [-0.05, 0) is 31.7 Å². The lowest BCUT2D eigenvalue weighted by Crippen LogP contribution is -2.36. The summed E-state index contributed by atoms with van der Waals surface area (Å²) in [6.45, 7) is 3.15. The maximum Gasteiger partial charge on any atom is 0.217 e. The van der Waals surface area contributed by atoms with Crippen LogP contribution in [0.3, 0.4) is 0 Å². The molecule has 3 aromatic rings. The van der Waals surface area contributed by atoms with Crippen LogP contribution in [-0.4, -0.2) is 58.4 Å². The normalized spacial score (nSPS) is 21.8. The fourth-order valence-corrected chi connectivity index (χ4v) is 4.25. The molecule has 0 unspecified atom stereocenters. The van der Waals surface area contributed by atoms with Gasteiger partial charge in [0.1, 0.15) is 23.4 Å². The van der Waals surface area contributed by atoms with Crippen molar-refractivity contribution < 1.29 is 13.9 Å². The summed E-state index contributed by atoms with van der Waals surface area (Å²) in [6, 6.07) is 5.72. The Morgan fingerprint density at radius 1 is 0.968 bits per heavy atom. The summed E-state index contributed by atoms with van der Waals surface area (Å²) in [7, 11) is 0. The van der Waals surface area contributed by atoms with Crippen LogP contribution >= 0.6 is 0 Å². The lowest BCUT2D eigenvalue weighted by Gasteiger charge is -2.31. The van der Waals surface area contributed by atoms with E-state index in [4.69, 9.17) is 9.47 Å². The molecule has 2 aromatic heterocycles. The Labute approximate surface area is 179 Å². The first kappa shape index (κ1) is 19.9. The molecule has 9 heteroatoms. The minimum Gasteiger partial charge on any atom is -0.488 e. The Balaban J connectivity index is 1.28. The van der Waals surface area contributed by atoms with Crippen LogP contribution in [0.15, 0.2) is 36.9 Å². The van der Waals surface area contributed by atoms with Gasteiger partial charge >= 0.3 is 0 Å². The van der Waals surface area contributed by atoms with Crippen LogP contribution in [0.2, 0.25) is 0 Å². The van der Waals surface area contributed by atoms with Crippen molar-refractivity contribution in [2.75, 3.05) is 36.5 Å². The highest BCUT2D eigenvalue weighted by Gasteiger charge is 2.24. The van der Waals surface area contributed by atoms with E-state index in [1.807, 2.05) is 0 Å². The van der Waals surface area contributed by atoms with Gasteiger partial charge in [-0.25, -0.2) is 15.0 Å². The average molecular weight is 424 g/mol. The standard InChI is InChI=1S/C22H25FN6O2/c23-20-13-21(27-14-26-20)28-15-1-3-17(4-2-15)31-19-12-16(29-7-9-30-10-8-29)11-18-22(19)25-6-5-24-18/h5-6,11-15,17H,1-4,7-10H2,(H,26,27,28). The Kier molecular flexibility index (Phi) is 5.75. The SMILES string of the molecule is Fc1cc(NC2CCC(Oc3cc(N4CCOCC4)cc4nccnc34)CC2)ncn1. The van der Waals surface area contributed by atoms with Gasteiger partial charge in [0.25, 0.3) is 0 Å². The van der Waals surface area contributed by atoms with E-state index in [-0.39, 0.29) is 12.1 Å². The number of benzene rings is 1. The molecule has 0 radical (unpaired) electrons. The van der Waals surface area contributed by atoms with Gasteiger partial charge in [0.2, 0.25) is 5.95 Å². The smallest absolute Gasteiger partial charge is 0.217 e. The summed E-state index contributed by atoms with van der Waals surface area (Å²) < 4.78 is 25.2. The number of hydrogen-bond acceptors (Lipinski definition) is 8. The molecule has 0 bridgehead atoms. The second-order valence-electron chi connectivity index (χ2n) is 7.93. The predicted octanol–water partition coefficient (Wildman–Crippen LogP) is 3.20. The lowest BCUT2D eigenvalue weighted by atomic mass is 9.93. The Bertz CT molecular complexity index is 1040. The second kappa shape index (κ2) is 8.97. The first-order valence-corrected chi connectivity index (χ1v) is 10.7. The highest BCUT2D eigenvalue weighted by molar-refractivity contribution is 5.85. The molecule has 8 nitrogen and oxygen atoms in total. The first-order valence-electron chi connectivity index (χ1n) is 10.7. The lowest BCUT2D eigenvalue weighted by molar-refractivity contribution is 0.122. The number of anilines is 2. The zero-order valence-corrected chi connectivity index (χ0v) is 17.2. The molecule has 31 heavy (non-hydrogen) atoms. The van der Waals surface area contributed by atoms with Crippen LogP contribution in [0.25, 0.3) is 11.0 Å². The fourth-order valence-electron chi connectivity index (χ4n) is 4.25. The van der Waals surface area contributed by atoms with E-state index >= 15 is 0 Å². The van der Waals surface area contributed by atoms with Crippen LogP contribution in [-0.2, 0) is 4.74 Å². The van der Waals surface area contributed by atoms with Crippen LogP contribution in [0.5, 0.6) is 5.75 Å². The summed E-state index contributed by atoms with van der Waals surface area (Å²) >= 11 is 0. The Morgan fingerprint density at radius 3 is 2.58 bits per heavy atom. The van der Waals surface area contributed by atoms with E-state index in [0.717, 1.165) is 74.5 Å². The number of nitrogens with one attached hydrogen (secondary N) is 1. The molecular weight excluding hydrogens is 399 g/mol. The van der Waals surface area contributed by atoms with Crippen molar-refractivity contribution in [1.29, 1.82) is 0 Å². The molecule has 1 aliphatic carbocycles. The number of nitrogens with zero attached hydrogens (tertiary/aromatic N) is 5. The number of morpholine rings is 1. The van der Waals surface area contributed by atoms with Crippen molar-refractivity contribution >= 4 is 22.5 Å². The van der Waals surface area contributed by atoms with E-state index < -0.39 is 5.95 Å². The highest BCUT2D eigenvalue weighted by atomic mass is 19.1. The molecule has 0 amide bonds. The largest absolute Gasteiger partial charge is 0.488 e. The van der Waals surface area contributed by atoms with Crippen LogP contribution < -0.4 is 15.0 Å². The molecule has 5 rings (SSSR count). The highest BCUT2D eigenvalue weighted by Crippen LogP contribution is 2.33. The molecule has 2 aliphatic rings. The predicted molar refractivity (Wildman–Crippen MR) is 115 cm³/mol. The van der Waals surface area contributed by atoms with Crippen molar-refractivity contribution in [2.45, 2.75) is 37.8 Å². The van der Waals surface area contributed by atoms with E-state index in [1.165, 1.54) is 12.4 Å². The molecular formula is C22H25FN6O2. The molecule has 1 aliphatic heterocycles. The number of halogens is 1. The molecule has 0 atom stereocenters. The van der Waals surface area contributed by atoms with Gasteiger partial charge in [0, 0.05) is 49.3 Å². The van der Waals surface area contributed by atoms with Crippen molar-refractivity contribution in [2.24, 2.45) is 0 Å².